The molecule has 33 heavy (non-hydrogen) atoms. The molecule has 0 spiro atoms. The Morgan fingerprint density at radius 1 is 1.24 bits per heavy atom. The van der Waals surface area contributed by atoms with Gasteiger partial charge in [0.15, 0.2) is 5.03 Å². The first-order chi connectivity index (χ1) is 15.8. The molecule has 2 amide bonds. The molecule has 11 nitrogen and oxygen atoms in total. The highest BCUT2D eigenvalue weighted by Crippen LogP contribution is 2.19. The normalized spacial score (nSPS) is 12.5. The van der Waals surface area contributed by atoms with Crippen molar-refractivity contribution in [2.24, 2.45) is 16.6 Å². The molecule has 0 bridgehead atoms. The van der Waals surface area contributed by atoms with Gasteiger partial charge in [-0.25, -0.2) is 15.1 Å². The number of benzene rings is 1. The quantitative estimate of drug-likeness (QED) is 0.100. The first kappa shape index (κ1) is 25.6. The Labute approximate surface area is 192 Å². The molecule has 0 saturated heterocycles. The molecular formula is C22H33N7O4. The molecule has 0 radical (unpaired) electrons. The lowest BCUT2D eigenvalue weighted by atomic mass is 10.1. The van der Waals surface area contributed by atoms with Gasteiger partial charge in [0.25, 0.3) is 5.96 Å². The second kappa shape index (κ2) is 13.0. The van der Waals surface area contributed by atoms with Crippen molar-refractivity contribution in [1.82, 2.24) is 21.0 Å². The van der Waals surface area contributed by atoms with Gasteiger partial charge in [-0.3, -0.25) is 9.59 Å². The van der Waals surface area contributed by atoms with Crippen molar-refractivity contribution >= 4 is 28.7 Å². The van der Waals surface area contributed by atoms with E-state index in [1.807, 2.05) is 30.5 Å². The summed E-state index contributed by atoms with van der Waals surface area (Å²) in [5.41, 5.74) is 9.22. The van der Waals surface area contributed by atoms with Crippen LogP contribution in [-0.4, -0.2) is 46.9 Å². The molecule has 0 aliphatic rings. The average Bonchev–Trinajstić information content (AvgIpc) is 3.16. The van der Waals surface area contributed by atoms with Crippen LogP contribution in [0.5, 0.6) is 0 Å². The van der Waals surface area contributed by atoms with E-state index < -0.39 is 11.1 Å². The Bertz CT molecular complexity index is 971. The van der Waals surface area contributed by atoms with Gasteiger partial charge in [-0.05, 0) is 43.2 Å². The van der Waals surface area contributed by atoms with Crippen molar-refractivity contribution in [3.8, 4) is 0 Å². The van der Waals surface area contributed by atoms with E-state index in [4.69, 9.17) is 5.73 Å². The number of aliphatic imine (C=N–C) groups is 1. The van der Waals surface area contributed by atoms with E-state index in [9.17, 15) is 19.7 Å². The zero-order valence-electron chi connectivity index (χ0n) is 19.1. The van der Waals surface area contributed by atoms with Crippen LogP contribution in [0.4, 0.5) is 0 Å². The van der Waals surface area contributed by atoms with Crippen LogP contribution in [-0.2, 0) is 16.0 Å². The summed E-state index contributed by atoms with van der Waals surface area (Å²) in [5.74, 6) is -0.333. The summed E-state index contributed by atoms with van der Waals surface area (Å²) in [4.78, 5) is 42.7. The monoisotopic (exact) mass is 459 g/mol. The second-order valence-corrected chi connectivity index (χ2v) is 8.23. The van der Waals surface area contributed by atoms with E-state index >= 15 is 0 Å². The van der Waals surface area contributed by atoms with E-state index in [0.717, 1.165) is 22.9 Å². The number of guanidine groups is 1. The van der Waals surface area contributed by atoms with Gasteiger partial charge in [0, 0.05) is 36.6 Å². The summed E-state index contributed by atoms with van der Waals surface area (Å²) >= 11 is 0. The van der Waals surface area contributed by atoms with Gasteiger partial charge in [0.05, 0.1) is 0 Å². The Balaban J connectivity index is 1.91. The van der Waals surface area contributed by atoms with E-state index in [0.29, 0.717) is 31.7 Å². The number of aromatic amines is 1. The lowest BCUT2D eigenvalue weighted by molar-refractivity contribution is -0.525. The van der Waals surface area contributed by atoms with Gasteiger partial charge in [-0.1, -0.05) is 37.5 Å². The predicted octanol–water partition coefficient (Wildman–Crippen LogP) is 1.62. The van der Waals surface area contributed by atoms with Crippen LogP contribution in [0.15, 0.2) is 35.5 Å². The lowest BCUT2D eigenvalue weighted by Gasteiger charge is -2.18. The number of nitro groups is 1. The minimum atomic E-state index is -0.794. The van der Waals surface area contributed by atoms with Crippen molar-refractivity contribution in [3.05, 3.63) is 46.1 Å². The standard InChI is InChI=1S/C22H33N7O4/c1-15(2)11-13-24-21(31)19(8-5-12-25-22(23)28-29(32)33)27-20(30)10-9-16-14-26-18-7-4-3-6-17(16)18/h3-4,6-7,14-15,19,26H,5,8-13H2,1-2H3,(H,24,31)(H,27,30)(H3,23,25,28)/t19-/m0/s1. The van der Waals surface area contributed by atoms with Crippen molar-refractivity contribution in [2.45, 2.75) is 52.0 Å². The molecule has 0 aliphatic carbocycles. The fourth-order valence-electron chi connectivity index (χ4n) is 3.35. The van der Waals surface area contributed by atoms with Crippen LogP contribution in [0.3, 0.4) is 0 Å². The summed E-state index contributed by atoms with van der Waals surface area (Å²) in [7, 11) is 0. The third-order valence-electron chi connectivity index (χ3n) is 5.11. The number of nitrogens with zero attached hydrogens (tertiary/aromatic N) is 2. The molecule has 11 heteroatoms. The number of carbonyl (C=O) groups is 2. The Morgan fingerprint density at radius 2 is 2.00 bits per heavy atom. The zero-order chi connectivity index (χ0) is 24.2. The Hall–Kier alpha value is -3.63. The number of fused-ring (bicyclic) bond motifs is 1. The molecule has 180 valence electrons. The van der Waals surface area contributed by atoms with Crippen molar-refractivity contribution < 1.29 is 14.6 Å². The number of para-hydroxylation sites is 1. The smallest absolute Gasteiger partial charge is 0.251 e. The number of aromatic nitrogens is 1. The summed E-state index contributed by atoms with van der Waals surface area (Å²) in [6, 6.07) is 7.17. The molecule has 1 aromatic carbocycles. The van der Waals surface area contributed by atoms with Crippen molar-refractivity contribution in [3.63, 3.8) is 0 Å². The van der Waals surface area contributed by atoms with Gasteiger partial charge < -0.3 is 21.4 Å². The number of hydrogen-bond acceptors (Lipinski definition) is 5. The van der Waals surface area contributed by atoms with Gasteiger partial charge in [-0.15, -0.1) is 0 Å². The van der Waals surface area contributed by atoms with Crippen LogP contribution in [0.1, 0.15) is 45.1 Å². The van der Waals surface area contributed by atoms with E-state index in [-0.39, 0.29) is 30.7 Å². The average molecular weight is 460 g/mol. The topological polar surface area (TPSA) is 168 Å². The molecule has 0 aliphatic heterocycles. The van der Waals surface area contributed by atoms with Crippen LogP contribution in [0.25, 0.3) is 10.9 Å². The van der Waals surface area contributed by atoms with Gasteiger partial charge in [0.1, 0.15) is 6.04 Å². The van der Waals surface area contributed by atoms with E-state index in [1.54, 1.807) is 5.43 Å². The van der Waals surface area contributed by atoms with Crippen LogP contribution < -0.4 is 21.8 Å². The lowest BCUT2D eigenvalue weighted by Crippen LogP contribution is -2.47. The fourth-order valence-corrected chi connectivity index (χ4v) is 3.35. The number of nitrogens with two attached hydrogens (primary N) is 1. The van der Waals surface area contributed by atoms with Crippen molar-refractivity contribution in [2.75, 3.05) is 13.1 Å². The van der Waals surface area contributed by atoms with Crippen molar-refractivity contribution in [1.29, 1.82) is 0 Å². The number of hydrazine groups is 1. The molecule has 2 rings (SSSR count). The SMILES string of the molecule is CC(C)CCNC(=O)[C@H](CCCN=C(N)N[N+](=O)[O-])NC(=O)CCc1c[nH]c2ccccc12. The number of rotatable bonds is 13. The predicted molar refractivity (Wildman–Crippen MR) is 127 cm³/mol. The Morgan fingerprint density at radius 3 is 2.73 bits per heavy atom. The van der Waals surface area contributed by atoms with Crippen LogP contribution in [0.2, 0.25) is 0 Å². The number of amides is 2. The summed E-state index contributed by atoms with van der Waals surface area (Å²) < 4.78 is 0. The molecule has 2 aromatic rings. The molecular weight excluding hydrogens is 426 g/mol. The van der Waals surface area contributed by atoms with E-state index in [2.05, 4.69) is 34.5 Å². The maximum Gasteiger partial charge on any atom is 0.251 e. The highest BCUT2D eigenvalue weighted by molar-refractivity contribution is 5.88. The minimum absolute atomic E-state index is 0.188. The maximum atomic E-state index is 12.6. The van der Waals surface area contributed by atoms with Gasteiger partial charge in [-0.2, -0.15) is 0 Å². The number of H-pyrrole nitrogens is 1. The number of carbonyl (C=O) groups excluding carboxylic acids is 2. The molecule has 1 atom stereocenters. The molecule has 0 fully saturated rings. The summed E-state index contributed by atoms with van der Waals surface area (Å²) in [6.07, 6.45) is 4.28. The number of aryl methyl sites for hydroxylation is 1. The molecule has 0 unspecified atom stereocenters. The third-order valence-corrected chi connectivity index (χ3v) is 5.11. The third kappa shape index (κ3) is 9.17. The van der Waals surface area contributed by atoms with Gasteiger partial charge in [0.2, 0.25) is 11.8 Å². The largest absolute Gasteiger partial charge is 0.365 e. The van der Waals surface area contributed by atoms with E-state index in [1.165, 1.54) is 0 Å². The summed E-state index contributed by atoms with van der Waals surface area (Å²) in [6.45, 7) is 4.85. The zero-order valence-corrected chi connectivity index (χ0v) is 19.1. The minimum Gasteiger partial charge on any atom is -0.365 e. The van der Waals surface area contributed by atoms with Crippen LogP contribution >= 0.6 is 0 Å². The maximum absolute atomic E-state index is 12.6. The second-order valence-electron chi connectivity index (χ2n) is 8.23. The number of nitrogens with one attached hydrogen (secondary N) is 4. The highest BCUT2D eigenvalue weighted by Gasteiger charge is 2.20. The van der Waals surface area contributed by atoms with Gasteiger partial charge >= 0.3 is 0 Å². The summed E-state index contributed by atoms with van der Waals surface area (Å²) in [5, 5.41) is 16.3. The fraction of sp³-hybridized carbons (Fsp3) is 0.500. The molecule has 0 saturated carbocycles. The first-order valence-corrected chi connectivity index (χ1v) is 11.1. The first-order valence-electron chi connectivity index (χ1n) is 11.1. The molecule has 1 aromatic heterocycles. The number of hydrogen-bond donors (Lipinski definition) is 5. The highest BCUT2D eigenvalue weighted by atomic mass is 16.7. The molecule has 6 N–H and O–H groups in total. The molecule has 1 heterocycles. The Kier molecular flexibility index (Phi) is 10.1. The van der Waals surface area contributed by atoms with Crippen LogP contribution in [0, 0.1) is 16.0 Å².